The lowest BCUT2D eigenvalue weighted by atomic mass is 9.83. The summed E-state index contributed by atoms with van der Waals surface area (Å²) in [5, 5.41) is 34.0. The van der Waals surface area contributed by atoms with Crippen LogP contribution in [0.4, 0.5) is 0 Å². The quantitative estimate of drug-likeness (QED) is 0.233. The molecule has 0 saturated carbocycles. The first-order valence-corrected chi connectivity index (χ1v) is 11.7. The van der Waals surface area contributed by atoms with Gasteiger partial charge in [-0.05, 0) is 51.5 Å². The van der Waals surface area contributed by atoms with Crippen LogP contribution in [0.25, 0.3) is 0 Å². The second-order valence-electron chi connectivity index (χ2n) is 9.23. The van der Waals surface area contributed by atoms with Crippen molar-refractivity contribution < 1.29 is 19.7 Å². The van der Waals surface area contributed by atoms with E-state index in [1.54, 1.807) is 0 Å². The van der Waals surface area contributed by atoms with Crippen LogP contribution in [0.5, 0.6) is 0 Å². The Morgan fingerprint density at radius 1 is 1.35 bits per heavy atom. The molecule has 8 atom stereocenters. The molecule has 1 aliphatic carbocycles. The molecule has 0 bridgehead atoms. The van der Waals surface area contributed by atoms with E-state index in [0.29, 0.717) is 12.6 Å². The van der Waals surface area contributed by atoms with Gasteiger partial charge in [-0.2, -0.15) is 0 Å². The Balaban J connectivity index is 1.34. The third kappa shape index (κ3) is 5.63. The fraction of sp³-hybridized carbons (Fsp3) is 0.857. The van der Waals surface area contributed by atoms with Crippen molar-refractivity contribution in [3.8, 4) is 0 Å². The van der Waals surface area contributed by atoms with Gasteiger partial charge in [0.15, 0.2) is 0 Å². The van der Waals surface area contributed by atoms with Crippen LogP contribution in [0.3, 0.4) is 0 Å². The molecule has 0 aromatic carbocycles. The number of fused-ring (bicyclic) bond motifs is 1. The van der Waals surface area contributed by atoms with Crippen LogP contribution in [-0.4, -0.2) is 90.2 Å². The van der Waals surface area contributed by atoms with Crippen LogP contribution in [0.1, 0.15) is 39.0 Å². The lowest BCUT2D eigenvalue weighted by molar-refractivity contribution is -0.130. The molecular weight excluding hydrogens is 400 g/mol. The molecule has 0 spiro atoms. The number of ether oxygens (including phenoxy) is 1. The summed E-state index contributed by atoms with van der Waals surface area (Å²) < 4.78 is 5.78. The van der Waals surface area contributed by atoms with Crippen molar-refractivity contribution in [2.75, 3.05) is 26.4 Å². The predicted molar refractivity (Wildman–Crippen MR) is 115 cm³/mol. The van der Waals surface area contributed by atoms with Crippen LogP contribution >= 0.6 is 0 Å². The van der Waals surface area contributed by atoms with E-state index < -0.39 is 6.10 Å². The van der Waals surface area contributed by atoms with E-state index in [-0.39, 0.29) is 55.7 Å². The zero-order valence-corrected chi connectivity index (χ0v) is 18.3. The molecule has 7 unspecified atom stereocenters. The largest absolute Gasteiger partial charge is 0.394 e. The van der Waals surface area contributed by atoms with Gasteiger partial charge in [-0.15, -0.1) is 0 Å². The van der Waals surface area contributed by atoms with Gasteiger partial charge in [0.05, 0.1) is 31.6 Å². The fourth-order valence-corrected chi connectivity index (χ4v) is 5.22. The maximum Gasteiger partial charge on any atom is 0.241 e. The van der Waals surface area contributed by atoms with Gasteiger partial charge in [-0.3, -0.25) is 15.4 Å². The number of nitrogens with zero attached hydrogens (tertiary/aromatic N) is 1. The Bertz CT molecular complexity index is 631. The van der Waals surface area contributed by atoms with Crippen molar-refractivity contribution in [3.05, 3.63) is 12.2 Å². The molecular formula is C21H38N6O4. The molecule has 10 nitrogen and oxygen atoms in total. The normalized spacial score (nSPS) is 39.8. The monoisotopic (exact) mass is 438 g/mol. The Morgan fingerprint density at radius 3 is 3.00 bits per heavy atom. The van der Waals surface area contributed by atoms with Crippen molar-refractivity contribution in [1.29, 1.82) is 0 Å². The van der Waals surface area contributed by atoms with Gasteiger partial charge in [0.2, 0.25) is 5.91 Å². The summed E-state index contributed by atoms with van der Waals surface area (Å²) >= 11 is 0. The number of hydrazine groups is 1. The van der Waals surface area contributed by atoms with E-state index >= 15 is 0 Å². The third-order valence-corrected chi connectivity index (χ3v) is 6.91. The van der Waals surface area contributed by atoms with E-state index in [1.807, 2.05) is 6.08 Å². The third-order valence-electron chi connectivity index (χ3n) is 6.91. The van der Waals surface area contributed by atoms with Gasteiger partial charge in [-0.1, -0.05) is 12.2 Å². The molecule has 3 fully saturated rings. The van der Waals surface area contributed by atoms with E-state index in [4.69, 9.17) is 9.84 Å². The minimum atomic E-state index is -0.840. The predicted octanol–water partition coefficient (Wildman–Crippen LogP) is -1.67. The number of hydrogen-bond acceptors (Lipinski definition) is 9. The highest BCUT2D eigenvalue weighted by molar-refractivity contribution is 5.83. The first-order valence-electron chi connectivity index (χ1n) is 11.7. The smallest absolute Gasteiger partial charge is 0.241 e. The first kappa shape index (κ1) is 23.1. The lowest BCUT2D eigenvalue weighted by Gasteiger charge is -2.42. The molecule has 3 heterocycles. The molecule has 0 radical (unpaired) electrons. The molecule has 1 amide bonds. The number of carbonyl (C=O) groups excluding carboxylic acids is 1. The Kier molecular flexibility index (Phi) is 7.94. The standard InChI is InChI=1S/C21H38N6O4/c1-13-20(21(30)25-18-7-8-22-12-23-18)27-19(24-13)6-5-17(26-27)14-3-2-4-16(9-14)31-11-15(29)10-28/h2,4,13-20,22-24,26,28-29H,3,5-12H2,1H3,(H,25,30)/t13?,14?,15-,16?,17?,18?,19?,20?/m1/s1. The molecule has 31 heavy (non-hydrogen) atoms. The van der Waals surface area contributed by atoms with Crippen LogP contribution in [0, 0.1) is 5.92 Å². The fourth-order valence-electron chi connectivity index (χ4n) is 5.22. The summed E-state index contributed by atoms with van der Waals surface area (Å²) in [5.41, 5.74) is 3.68. The molecule has 7 N–H and O–H groups in total. The van der Waals surface area contributed by atoms with Crippen molar-refractivity contribution in [2.45, 2.75) is 81.7 Å². The number of nitrogens with one attached hydrogen (secondary N) is 5. The highest BCUT2D eigenvalue weighted by atomic mass is 16.5. The van der Waals surface area contributed by atoms with Crippen molar-refractivity contribution in [3.63, 3.8) is 0 Å². The van der Waals surface area contributed by atoms with E-state index in [2.05, 4.69) is 44.7 Å². The molecule has 4 aliphatic rings. The zero-order valence-electron chi connectivity index (χ0n) is 18.3. The molecule has 4 rings (SSSR count). The SMILES string of the molecule is CC1NC2CCC(C3CC=CC(OC[C@H](O)CO)C3)NN2C1C(=O)NC1CCNCN1. The summed E-state index contributed by atoms with van der Waals surface area (Å²) in [6.45, 7) is 3.54. The second kappa shape index (κ2) is 10.7. The molecule has 176 valence electrons. The number of aliphatic hydroxyl groups is 2. The molecule has 3 saturated heterocycles. The van der Waals surface area contributed by atoms with Crippen LogP contribution in [0.2, 0.25) is 0 Å². The van der Waals surface area contributed by atoms with Gasteiger partial charge in [-0.25, -0.2) is 10.4 Å². The van der Waals surface area contributed by atoms with Crippen LogP contribution < -0.4 is 26.7 Å². The van der Waals surface area contributed by atoms with Gasteiger partial charge < -0.3 is 25.6 Å². The van der Waals surface area contributed by atoms with Crippen molar-refractivity contribution in [1.82, 2.24) is 31.7 Å². The number of allylic oxidation sites excluding steroid dienone is 1. The molecule has 10 heteroatoms. The molecule has 0 aromatic heterocycles. The molecule has 3 aliphatic heterocycles. The van der Waals surface area contributed by atoms with Gasteiger partial charge in [0, 0.05) is 18.8 Å². The average molecular weight is 439 g/mol. The van der Waals surface area contributed by atoms with Crippen molar-refractivity contribution >= 4 is 5.91 Å². The van der Waals surface area contributed by atoms with Gasteiger partial charge in [0.1, 0.15) is 12.1 Å². The lowest BCUT2D eigenvalue weighted by Crippen LogP contribution is -2.63. The number of hydrogen-bond donors (Lipinski definition) is 7. The average Bonchev–Trinajstić information content (AvgIpc) is 3.13. The highest BCUT2D eigenvalue weighted by Crippen LogP contribution is 2.32. The summed E-state index contributed by atoms with van der Waals surface area (Å²) in [5.74, 6) is 0.450. The van der Waals surface area contributed by atoms with Crippen LogP contribution in [-0.2, 0) is 9.53 Å². The maximum absolute atomic E-state index is 13.1. The van der Waals surface area contributed by atoms with Crippen molar-refractivity contribution in [2.24, 2.45) is 5.92 Å². The summed E-state index contributed by atoms with van der Waals surface area (Å²) in [4.78, 5) is 13.1. The first-order chi connectivity index (χ1) is 15.0. The maximum atomic E-state index is 13.1. The number of carbonyl (C=O) groups is 1. The highest BCUT2D eigenvalue weighted by Gasteiger charge is 2.47. The Morgan fingerprint density at radius 2 is 2.23 bits per heavy atom. The van der Waals surface area contributed by atoms with E-state index in [9.17, 15) is 9.90 Å². The number of aliphatic hydroxyl groups excluding tert-OH is 2. The summed E-state index contributed by atoms with van der Waals surface area (Å²) in [6, 6.07) is 0.0881. The van der Waals surface area contributed by atoms with E-state index in [1.165, 1.54) is 0 Å². The summed E-state index contributed by atoms with van der Waals surface area (Å²) in [7, 11) is 0. The Labute approximate surface area is 184 Å². The van der Waals surface area contributed by atoms with E-state index in [0.717, 1.165) is 38.6 Å². The van der Waals surface area contributed by atoms with Gasteiger partial charge in [0.25, 0.3) is 0 Å². The second-order valence-corrected chi connectivity index (χ2v) is 9.23. The summed E-state index contributed by atoms with van der Waals surface area (Å²) in [6.07, 6.45) is 8.21. The molecule has 0 aromatic rings. The topological polar surface area (TPSA) is 130 Å². The zero-order chi connectivity index (χ0) is 21.8. The van der Waals surface area contributed by atoms with Gasteiger partial charge >= 0.3 is 0 Å². The Hall–Kier alpha value is -1.11. The minimum absolute atomic E-state index is 0.0104. The minimum Gasteiger partial charge on any atom is -0.394 e. The van der Waals surface area contributed by atoms with Crippen LogP contribution in [0.15, 0.2) is 12.2 Å². The number of amides is 1. The number of rotatable bonds is 7.